The molecule has 1 N–H and O–H groups in total. The van der Waals surface area contributed by atoms with E-state index in [1.54, 1.807) is 12.1 Å². The van der Waals surface area contributed by atoms with E-state index >= 15 is 0 Å². The molecule has 0 radical (unpaired) electrons. The van der Waals surface area contributed by atoms with Gasteiger partial charge in [-0.3, -0.25) is 10.1 Å². The van der Waals surface area contributed by atoms with Crippen LogP contribution in [-0.4, -0.2) is 25.9 Å². The topological polar surface area (TPSA) is 72.7 Å². The van der Waals surface area contributed by atoms with Crippen molar-refractivity contribution in [1.82, 2.24) is 20.0 Å². The van der Waals surface area contributed by atoms with Crippen molar-refractivity contribution in [2.24, 2.45) is 0 Å². The summed E-state index contributed by atoms with van der Waals surface area (Å²) in [7, 11) is 0. The summed E-state index contributed by atoms with van der Waals surface area (Å²) < 4.78 is 2.84. The van der Waals surface area contributed by atoms with Gasteiger partial charge in [-0.1, -0.05) is 18.3 Å². The number of aryl methyl sites for hydroxylation is 2. The van der Waals surface area contributed by atoms with E-state index in [1.165, 1.54) is 11.3 Å². The minimum Gasteiger partial charge on any atom is -0.296 e. The number of nitrogens with one attached hydrogen (secondary N) is 1. The van der Waals surface area contributed by atoms with Gasteiger partial charge in [-0.15, -0.1) is 10.2 Å². The molecule has 0 atom stereocenters. The van der Waals surface area contributed by atoms with Crippen molar-refractivity contribution in [3.63, 3.8) is 0 Å². The number of benzene rings is 1. The number of hydrogen-bond acceptors (Lipinski definition) is 5. The Morgan fingerprint density at radius 2 is 1.96 bits per heavy atom. The summed E-state index contributed by atoms with van der Waals surface area (Å²) in [6.07, 6.45) is 0.806. The maximum absolute atomic E-state index is 12.3. The van der Waals surface area contributed by atoms with Crippen LogP contribution in [0.5, 0.6) is 0 Å². The van der Waals surface area contributed by atoms with Crippen molar-refractivity contribution in [3.05, 3.63) is 50.7 Å². The molecule has 0 aliphatic carbocycles. The van der Waals surface area contributed by atoms with Gasteiger partial charge in [0.25, 0.3) is 5.91 Å². The van der Waals surface area contributed by atoms with Gasteiger partial charge in [-0.2, -0.15) is 5.10 Å². The molecule has 0 saturated carbocycles. The lowest BCUT2D eigenvalue weighted by Gasteiger charge is -2.06. The number of amides is 1. The van der Waals surface area contributed by atoms with Crippen LogP contribution in [0.15, 0.2) is 28.7 Å². The molecule has 1 amide bonds. The van der Waals surface area contributed by atoms with E-state index in [0.717, 1.165) is 33.0 Å². The van der Waals surface area contributed by atoms with Crippen molar-refractivity contribution < 1.29 is 4.79 Å². The summed E-state index contributed by atoms with van der Waals surface area (Å²) >= 11 is 4.91. The van der Waals surface area contributed by atoms with Gasteiger partial charge in [0.15, 0.2) is 0 Å². The summed E-state index contributed by atoms with van der Waals surface area (Å²) in [5.41, 5.74) is 3.41. The normalized spacial score (nSPS) is 10.8. The zero-order valence-electron chi connectivity index (χ0n) is 13.5. The van der Waals surface area contributed by atoms with Crippen LogP contribution in [0.4, 0.5) is 5.13 Å². The second-order valence-corrected chi connectivity index (χ2v) is 7.11. The van der Waals surface area contributed by atoms with Gasteiger partial charge < -0.3 is 0 Å². The summed E-state index contributed by atoms with van der Waals surface area (Å²) in [6.45, 7) is 5.94. The Labute approximate surface area is 152 Å². The number of hydrogen-bond donors (Lipinski definition) is 1. The Balaban J connectivity index is 1.78. The van der Waals surface area contributed by atoms with Crippen LogP contribution in [0.3, 0.4) is 0 Å². The molecular formula is C16H16BrN5OS. The third-order valence-corrected chi connectivity index (χ3v) is 5.70. The summed E-state index contributed by atoms with van der Waals surface area (Å²) in [4.78, 5) is 12.3. The molecule has 0 unspecified atom stereocenters. The standard InChI is InChI=1S/C16H16BrN5OS/c1-4-13-19-20-16(24-13)18-15(23)11-5-7-12(8-6-11)22-10(3)14(17)9(2)21-22/h5-8H,4H2,1-3H3,(H,18,20,23). The third kappa shape index (κ3) is 3.25. The Hall–Kier alpha value is -2.06. The predicted octanol–water partition coefficient (Wildman–Crippen LogP) is 3.92. The van der Waals surface area contributed by atoms with Crippen LogP contribution >= 0.6 is 27.3 Å². The average Bonchev–Trinajstić information content (AvgIpc) is 3.15. The monoisotopic (exact) mass is 405 g/mol. The Bertz CT molecular complexity index is 885. The molecule has 6 nitrogen and oxygen atoms in total. The van der Waals surface area contributed by atoms with E-state index in [0.29, 0.717) is 10.7 Å². The van der Waals surface area contributed by atoms with Crippen molar-refractivity contribution in [2.45, 2.75) is 27.2 Å². The van der Waals surface area contributed by atoms with Gasteiger partial charge in [0, 0.05) is 5.56 Å². The van der Waals surface area contributed by atoms with Crippen molar-refractivity contribution >= 4 is 38.3 Å². The molecule has 124 valence electrons. The van der Waals surface area contributed by atoms with Crippen molar-refractivity contribution in [3.8, 4) is 5.69 Å². The first-order chi connectivity index (χ1) is 11.5. The molecule has 0 aliphatic rings. The lowest BCUT2D eigenvalue weighted by atomic mass is 10.2. The fraction of sp³-hybridized carbons (Fsp3) is 0.250. The first-order valence-electron chi connectivity index (χ1n) is 7.45. The molecule has 1 aromatic carbocycles. The second-order valence-electron chi connectivity index (χ2n) is 5.25. The SMILES string of the molecule is CCc1nnc(NC(=O)c2ccc(-n3nc(C)c(Br)c3C)cc2)s1. The molecule has 0 spiro atoms. The maximum atomic E-state index is 12.3. The Kier molecular flexibility index (Phi) is 4.77. The van der Waals surface area contributed by atoms with Crippen LogP contribution < -0.4 is 5.32 Å². The largest absolute Gasteiger partial charge is 0.296 e. The first-order valence-corrected chi connectivity index (χ1v) is 9.06. The second kappa shape index (κ2) is 6.82. The first kappa shape index (κ1) is 16.8. The van der Waals surface area contributed by atoms with Gasteiger partial charge in [0.1, 0.15) is 5.01 Å². The molecule has 2 heterocycles. The minimum atomic E-state index is -0.199. The van der Waals surface area contributed by atoms with Crippen molar-refractivity contribution in [1.29, 1.82) is 0 Å². The summed E-state index contributed by atoms with van der Waals surface area (Å²) in [5, 5.41) is 16.6. The average molecular weight is 406 g/mol. The summed E-state index contributed by atoms with van der Waals surface area (Å²) in [5.74, 6) is -0.199. The van der Waals surface area contributed by atoms with E-state index < -0.39 is 0 Å². The number of carbonyl (C=O) groups excluding carboxylic acids is 1. The predicted molar refractivity (Wildman–Crippen MR) is 98.0 cm³/mol. The van der Waals surface area contributed by atoms with E-state index in [-0.39, 0.29) is 5.91 Å². The zero-order chi connectivity index (χ0) is 17.3. The lowest BCUT2D eigenvalue weighted by molar-refractivity contribution is 0.102. The van der Waals surface area contributed by atoms with E-state index in [1.807, 2.05) is 37.6 Å². The van der Waals surface area contributed by atoms with Gasteiger partial charge in [-0.25, -0.2) is 4.68 Å². The van der Waals surface area contributed by atoms with E-state index in [9.17, 15) is 4.79 Å². The van der Waals surface area contributed by atoms with Crippen LogP contribution in [0.25, 0.3) is 5.69 Å². The highest BCUT2D eigenvalue weighted by Gasteiger charge is 2.12. The molecular weight excluding hydrogens is 390 g/mol. The third-order valence-electron chi connectivity index (χ3n) is 3.57. The van der Waals surface area contributed by atoms with Gasteiger partial charge >= 0.3 is 0 Å². The lowest BCUT2D eigenvalue weighted by Crippen LogP contribution is -2.12. The van der Waals surface area contributed by atoms with Gasteiger partial charge in [0.05, 0.1) is 21.5 Å². The number of halogens is 1. The highest BCUT2D eigenvalue weighted by Crippen LogP contribution is 2.23. The zero-order valence-corrected chi connectivity index (χ0v) is 15.9. The Morgan fingerprint density at radius 3 is 2.50 bits per heavy atom. The maximum Gasteiger partial charge on any atom is 0.257 e. The number of nitrogens with zero attached hydrogens (tertiary/aromatic N) is 4. The van der Waals surface area contributed by atoms with Crippen LogP contribution in [0, 0.1) is 13.8 Å². The minimum absolute atomic E-state index is 0.199. The number of anilines is 1. The quantitative estimate of drug-likeness (QED) is 0.713. The fourth-order valence-corrected chi connectivity index (χ4v) is 3.17. The number of carbonyl (C=O) groups is 1. The highest BCUT2D eigenvalue weighted by atomic mass is 79.9. The smallest absolute Gasteiger partial charge is 0.257 e. The molecule has 0 saturated heterocycles. The van der Waals surface area contributed by atoms with Crippen LogP contribution in [0.1, 0.15) is 33.7 Å². The molecule has 0 fully saturated rings. The number of rotatable bonds is 4. The van der Waals surface area contributed by atoms with Gasteiger partial charge in [-0.05, 0) is 60.5 Å². The highest BCUT2D eigenvalue weighted by molar-refractivity contribution is 9.10. The molecule has 8 heteroatoms. The van der Waals surface area contributed by atoms with Crippen molar-refractivity contribution in [2.75, 3.05) is 5.32 Å². The Morgan fingerprint density at radius 1 is 1.25 bits per heavy atom. The van der Waals surface area contributed by atoms with E-state index in [2.05, 4.69) is 36.5 Å². The fourth-order valence-electron chi connectivity index (χ4n) is 2.25. The van der Waals surface area contributed by atoms with E-state index in [4.69, 9.17) is 0 Å². The molecule has 0 bridgehead atoms. The molecule has 2 aromatic heterocycles. The number of aromatic nitrogens is 4. The van der Waals surface area contributed by atoms with Gasteiger partial charge in [0.2, 0.25) is 5.13 Å². The summed E-state index contributed by atoms with van der Waals surface area (Å²) in [6, 6.07) is 7.30. The molecule has 0 aliphatic heterocycles. The van der Waals surface area contributed by atoms with Crippen LogP contribution in [-0.2, 0) is 6.42 Å². The molecule has 3 rings (SSSR count). The van der Waals surface area contributed by atoms with Crippen LogP contribution in [0.2, 0.25) is 0 Å². The molecule has 24 heavy (non-hydrogen) atoms. The molecule has 3 aromatic rings.